The zero-order valence-electron chi connectivity index (χ0n) is 12.5. The van der Waals surface area contributed by atoms with E-state index < -0.39 is 45.1 Å². The fourth-order valence-corrected chi connectivity index (χ4v) is 2.02. The van der Waals surface area contributed by atoms with Crippen molar-refractivity contribution in [3.05, 3.63) is 23.8 Å². The lowest BCUT2D eigenvalue weighted by Crippen LogP contribution is -2.28. The van der Waals surface area contributed by atoms with Crippen molar-refractivity contribution in [2.75, 3.05) is 14.2 Å². The normalized spacial score (nSPS) is 11.7. The fourth-order valence-electron chi connectivity index (χ4n) is 1.55. The molecule has 0 saturated heterocycles. The molecule has 0 unspecified atom stereocenters. The Morgan fingerprint density at radius 2 is 1.75 bits per heavy atom. The highest BCUT2D eigenvalue weighted by atomic mass is 32.2. The first-order valence-corrected chi connectivity index (χ1v) is 7.71. The van der Waals surface area contributed by atoms with Crippen LogP contribution in [0.15, 0.2) is 18.2 Å². The predicted molar refractivity (Wildman–Crippen MR) is 74.2 cm³/mol. The first kappa shape index (κ1) is 19.7. The highest BCUT2D eigenvalue weighted by Gasteiger charge is 2.49. The molecule has 0 aliphatic rings. The highest BCUT2D eigenvalue weighted by Crippen LogP contribution is 2.32. The molecule has 0 saturated carbocycles. The van der Waals surface area contributed by atoms with Gasteiger partial charge in [-0.15, -0.1) is 0 Å². The zero-order valence-corrected chi connectivity index (χ0v) is 13.4. The van der Waals surface area contributed by atoms with Gasteiger partial charge in [-0.2, -0.15) is 21.6 Å². The number of Topliss-reactive ketones (excluding diaryl/α,β-unsaturated/α-hetero) is 1. The van der Waals surface area contributed by atoms with Gasteiger partial charge in [0, 0.05) is 12.5 Å². The number of ether oxygens (including phenoxy) is 2. The Balaban J connectivity index is 3.18. The topological polar surface area (TPSA) is 96.0 Å². The lowest BCUT2D eigenvalue weighted by atomic mass is 10.1. The van der Waals surface area contributed by atoms with E-state index in [4.69, 9.17) is 4.74 Å². The van der Waals surface area contributed by atoms with Gasteiger partial charge in [-0.3, -0.25) is 9.59 Å². The van der Waals surface area contributed by atoms with E-state index >= 15 is 0 Å². The summed E-state index contributed by atoms with van der Waals surface area (Å²) < 4.78 is 72.7. The number of hydrogen-bond donors (Lipinski definition) is 0. The second-order valence-electron chi connectivity index (χ2n) is 4.34. The van der Waals surface area contributed by atoms with Crippen molar-refractivity contribution in [2.24, 2.45) is 0 Å². The van der Waals surface area contributed by atoms with Gasteiger partial charge in [0.2, 0.25) is 0 Å². The van der Waals surface area contributed by atoms with Crippen LogP contribution in [0.2, 0.25) is 0 Å². The third-order valence-electron chi connectivity index (χ3n) is 2.76. The number of carbonyl (C=O) groups excluding carboxylic acids is 2. The summed E-state index contributed by atoms with van der Waals surface area (Å²) >= 11 is 0. The Morgan fingerprint density at radius 3 is 2.25 bits per heavy atom. The van der Waals surface area contributed by atoms with Crippen molar-refractivity contribution in [1.29, 1.82) is 0 Å². The monoisotopic (exact) mass is 370 g/mol. The minimum absolute atomic E-state index is 0.0214. The number of hydrogen-bond acceptors (Lipinski definition) is 7. The van der Waals surface area contributed by atoms with E-state index in [0.29, 0.717) is 0 Å². The van der Waals surface area contributed by atoms with Crippen molar-refractivity contribution < 1.29 is 44.8 Å². The maximum Gasteiger partial charge on any atom is 0.534 e. The minimum atomic E-state index is -5.97. The Kier molecular flexibility index (Phi) is 6.18. The van der Waals surface area contributed by atoms with E-state index in [9.17, 15) is 31.2 Å². The Bertz CT molecular complexity index is 726. The largest absolute Gasteiger partial charge is 0.534 e. The van der Waals surface area contributed by atoms with Crippen LogP contribution in [0.25, 0.3) is 0 Å². The second kappa shape index (κ2) is 7.51. The van der Waals surface area contributed by atoms with Gasteiger partial charge in [0.1, 0.15) is 5.75 Å². The molecule has 24 heavy (non-hydrogen) atoms. The average Bonchev–Trinajstić information content (AvgIpc) is 2.50. The number of benzene rings is 1. The average molecular weight is 370 g/mol. The first-order chi connectivity index (χ1) is 11.0. The third-order valence-corrected chi connectivity index (χ3v) is 3.72. The summed E-state index contributed by atoms with van der Waals surface area (Å²) in [5, 5.41) is 0. The summed E-state index contributed by atoms with van der Waals surface area (Å²) in [6.45, 7) is 0. The van der Waals surface area contributed by atoms with Gasteiger partial charge in [-0.1, -0.05) is 0 Å². The van der Waals surface area contributed by atoms with Crippen molar-refractivity contribution in [2.45, 2.75) is 18.3 Å². The standard InChI is InChI=1S/C13H13F3O7S/c1-21-8-3-4-9(10(17)5-6-12(18)22-2)11(7-8)23-24(19,20)13(14,15)16/h3-4,7H,5-6H2,1-2H3. The van der Waals surface area contributed by atoms with Gasteiger partial charge in [0.15, 0.2) is 11.5 Å². The van der Waals surface area contributed by atoms with Crippen molar-refractivity contribution in [3.63, 3.8) is 0 Å². The van der Waals surface area contributed by atoms with Gasteiger partial charge in [0.05, 0.1) is 26.2 Å². The van der Waals surface area contributed by atoms with E-state index in [0.717, 1.165) is 19.2 Å². The number of methoxy groups -OCH3 is 2. The molecule has 11 heteroatoms. The van der Waals surface area contributed by atoms with Gasteiger partial charge in [-0.05, 0) is 12.1 Å². The van der Waals surface area contributed by atoms with E-state index in [2.05, 4.69) is 8.92 Å². The van der Waals surface area contributed by atoms with Crippen LogP contribution in [0, 0.1) is 0 Å². The van der Waals surface area contributed by atoms with Crippen LogP contribution in [-0.4, -0.2) is 39.9 Å². The maximum atomic E-state index is 12.4. The summed E-state index contributed by atoms with van der Waals surface area (Å²) in [5.74, 6) is -2.37. The molecule has 0 aromatic heterocycles. The quantitative estimate of drug-likeness (QED) is 0.314. The van der Waals surface area contributed by atoms with Gasteiger partial charge >= 0.3 is 21.6 Å². The lowest BCUT2D eigenvalue weighted by molar-refractivity contribution is -0.140. The zero-order chi connectivity index (χ0) is 18.5. The molecular weight excluding hydrogens is 357 g/mol. The Hall–Kier alpha value is -2.30. The Morgan fingerprint density at radius 1 is 1.12 bits per heavy atom. The van der Waals surface area contributed by atoms with Crippen molar-refractivity contribution >= 4 is 21.9 Å². The molecule has 1 aromatic rings. The van der Waals surface area contributed by atoms with Gasteiger partial charge in [-0.25, -0.2) is 0 Å². The highest BCUT2D eigenvalue weighted by molar-refractivity contribution is 7.88. The van der Waals surface area contributed by atoms with Crippen LogP contribution in [0.1, 0.15) is 23.2 Å². The molecule has 0 N–H and O–H groups in total. The molecule has 134 valence electrons. The van der Waals surface area contributed by atoms with Gasteiger partial charge in [0.25, 0.3) is 0 Å². The number of alkyl halides is 3. The number of halogens is 3. The van der Waals surface area contributed by atoms with Crippen molar-refractivity contribution in [3.8, 4) is 11.5 Å². The number of carbonyl (C=O) groups is 2. The van der Waals surface area contributed by atoms with Crippen LogP contribution in [-0.2, 0) is 19.6 Å². The maximum absolute atomic E-state index is 12.4. The number of esters is 1. The molecule has 0 bridgehead atoms. The fraction of sp³-hybridized carbons (Fsp3) is 0.385. The summed E-state index contributed by atoms with van der Waals surface area (Å²) in [6, 6.07) is 3.10. The summed E-state index contributed by atoms with van der Waals surface area (Å²) in [4.78, 5) is 23.0. The lowest BCUT2D eigenvalue weighted by Gasteiger charge is -2.13. The van der Waals surface area contributed by atoms with Crippen LogP contribution >= 0.6 is 0 Å². The van der Waals surface area contributed by atoms with E-state index in [1.54, 1.807) is 0 Å². The SMILES string of the molecule is COC(=O)CCC(=O)c1ccc(OC)cc1OS(=O)(=O)C(F)(F)F. The summed E-state index contributed by atoms with van der Waals surface area (Å²) in [7, 11) is -3.67. The van der Waals surface area contributed by atoms with E-state index in [-0.39, 0.29) is 12.2 Å². The van der Waals surface area contributed by atoms with Crippen LogP contribution in [0.4, 0.5) is 13.2 Å². The summed E-state index contributed by atoms with van der Waals surface area (Å²) in [5.41, 5.74) is -6.10. The minimum Gasteiger partial charge on any atom is -0.497 e. The molecule has 1 rings (SSSR count). The Labute approximate surface area is 135 Å². The molecule has 0 aliphatic carbocycles. The van der Waals surface area contributed by atoms with E-state index in [1.165, 1.54) is 13.2 Å². The molecular formula is C13H13F3O7S. The molecule has 0 atom stereocenters. The van der Waals surface area contributed by atoms with E-state index in [1.807, 2.05) is 0 Å². The molecule has 0 amide bonds. The van der Waals surface area contributed by atoms with Crippen LogP contribution < -0.4 is 8.92 Å². The predicted octanol–water partition coefficient (Wildman–Crippen LogP) is 2.06. The first-order valence-electron chi connectivity index (χ1n) is 6.30. The second-order valence-corrected chi connectivity index (χ2v) is 5.88. The molecule has 7 nitrogen and oxygen atoms in total. The molecule has 0 heterocycles. The molecule has 0 radical (unpaired) electrons. The smallest absolute Gasteiger partial charge is 0.497 e. The van der Waals surface area contributed by atoms with Gasteiger partial charge < -0.3 is 13.7 Å². The molecule has 0 aliphatic heterocycles. The van der Waals surface area contributed by atoms with Crippen LogP contribution in [0.5, 0.6) is 11.5 Å². The number of ketones is 1. The molecule has 0 spiro atoms. The molecule has 0 fully saturated rings. The van der Waals surface area contributed by atoms with Crippen molar-refractivity contribution in [1.82, 2.24) is 0 Å². The number of rotatable bonds is 7. The van der Waals surface area contributed by atoms with Crippen LogP contribution in [0.3, 0.4) is 0 Å². The third kappa shape index (κ3) is 4.85. The summed E-state index contributed by atoms with van der Waals surface area (Å²) in [6.07, 6.45) is -0.728. The molecule has 1 aromatic carbocycles.